The van der Waals surface area contributed by atoms with Gasteiger partial charge in [-0.1, -0.05) is 18.2 Å². The molecule has 1 aromatic carbocycles. The van der Waals surface area contributed by atoms with Crippen molar-refractivity contribution in [2.75, 3.05) is 0 Å². The Balaban J connectivity index is 2.01. The molecule has 2 aromatic rings. The molecule has 0 unspecified atom stereocenters. The highest BCUT2D eigenvalue weighted by atomic mass is 15.3. The molecule has 3 nitrogen and oxygen atoms in total. The molecule has 0 bridgehead atoms. The third-order valence-electron chi connectivity index (χ3n) is 2.74. The molecule has 1 aromatic heterocycles. The van der Waals surface area contributed by atoms with Crippen LogP contribution in [0.3, 0.4) is 0 Å². The Hall–Kier alpha value is -1.90. The van der Waals surface area contributed by atoms with E-state index in [1.807, 2.05) is 12.3 Å². The van der Waals surface area contributed by atoms with Crippen molar-refractivity contribution in [3.05, 3.63) is 48.0 Å². The van der Waals surface area contributed by atoms with E-state index in [9.17, 15) is 0 Å². The summed E-state index contributed by atoms with van der Waals surface area (Å²) >= 11 is 0. The zero-order valence-corrected chi connectivity index (χ0v) is 8.59. The summed E-state index contributed by atoms with van der Waals surface area (Å²) in [5.41, 5.74) is 2.42. The quantitative estimate of drug-likeness (QED) is 0.641. The molecule has 3 rings (SSSR count). The van der Waals surface area contributed by atoms with Gasteiger partial charge in [0.05, 0.1) is 0 Å². The van der Waals surface area contributed by atoms with E-state index in [-0.39, 0.29) is 0 Å². The Bertz CT molecular complexity index is 523. The lowest BCUT2D eigenvalue weighted by Crippen LogP contribution is -2.05. The number of hydrogen-bond donors (Lipinski definition) is 0. The third-order valence-corrected chi connectivity index (χ3v) is 2.74. The highest BCUT2D eigenvalue weighted by molar-refractivity contribution is 5.73. The molecule has 74 valence electrons. The molecule has 1 aliphatic heterocycles. The Morgan fingerprint density at radius 2 is 2.07 bits per heavy atom. The fraction of sp³-hybridized carbons (Fsp3) is 0.167. The van der Waals surface area contributed by atoms with Gasteiger partial charge < -0.3 is 0 Å². The van der Waals surface area contributed by atoms with Crippen LogP contribution >= 0.6 is 0 Å². The molecule has 1 aliphatic rings. The molecule has 0 saturated carbocycles. The maximum atomic E-state index is 4.34. The van der Waals surface area contributed by atoms with E-state index < -0.39 is 0 Å². The number of aryl methyl sites for hydroxylation is 1. The smallest absolute Gasteiger partial charge is 0.229 e. The molecule has 0 saturated heterocycles. The predicted octanol–water partition coefficient (Wildman–Crippen LogP) is 1.93. The number of fused-ring (bicyclic) bond motifs is 1. The lowest BCUT2D eigenvalue weighted by atomic mass is 10.3. The van der Waals surface area contributed by atoms with Gasteiger partial charge in [-0.25, -0.2) is 4.98 Å². The first-order valence-electron chi connectivity index (χ1n) is 5.03. The first-order valence-corrected chi connectivity index (χ1v) is 5.03. The first kappa shape index (κ1) is 8.41. The van der Waals surface area contributed by atoms with Crippen molar-refractivity contribution in [1.82, 2.24) is 9.55 Å². The molecule has 0 radical (unpaired) electrons. The third kappa shape index (κ3) is 1.28. The summed E-state index contributed by atoms with van der Waals surface area (Å²) in [6.45, 7) is 2.95. The van der Waals surface area contributed by atoms with Crippen LogP contribution in [0.5, 0.6) is 0 Å². The maximum Gasteiger partial charge on any atom is 0.229 e. The molecule has 0 atom stereocenters. The highest BCUT2D eigenvalue weighted by Gasteiger charge is 2.22. The van der Waals surface area contributed by atoms with Crippen molar-refractivity contribution in [2.45, 2.75) is 13.6 Å². The largest absolute Gasteiger partial charge is 0.267 e. The summed E-state index contributed by atoms with van der Waals surface area (Å²) in [6.07, 6.45) is 4.00. The van der Waals surface area contributed by atoms with Crippen molar-refractivity contribution in [2.24, 2.45) is 0 Å². The van der Waals surface area contributed by atoms with Gasteiger partial charge >= 0.3 is 0 Å². The summed E-state index contributed by atoms with van der Waals surface area (Å²) in [5, 5.41) is 0. The summed E-state index contributed by atoms with van der Waals surface area (Å²) in [7, 11) is 0. The van der Waals surface area contributed by atoms with E-state index in [4.69, 9.17) is 0 Å². The Morgan fingerprint density at radius 1 is 1.27 bits per heavy atom. The molecule has 0 aliphatic carbocycles. The molecule has 3 heteroatoms. The fourth-order valence-corrected chi connectivity index (χ4v) is 1.87. The number of rotatable bonds is 1. The molecule has 0 amide bonds. The van der Waals surface area contributed by atoms with Gasteiger partial charge in [0.25, 0.3) is 0 Å². The fourth-order valence-electron chi connectivity index (χ4n) is 1.87. The van der Waals surface area contributed by atoms with Crippen LogP contribution in [0.1, 0.15) is 11.5 Å². The van der Waals surface area contributed by atoms with Gasteiger partial charge in [0, 0.05) is 24.0 Å². The van der Waals surface area contributed by atoms with E-state index in [0.717, 1.165) is 12.5 Å². The lowest BCUT2D eigenvalue weighted by molar-refractivity contribution is -0.463. The second kappa shape index (κ2) is 3.05. The molecule has 0 fully saturated rings. The SMILES string of the molecule is Cc1cnc2n1C[N+](c1ccccc1)=C2. The van der Waals surface area contributed by atoms with Gasteiger partial charge in [0.2, 0.25) is 24.4 Å². The standard InChI is InChI=1S/C12H12N3/c1-10-7-13-12-8-14(9-15(10)12)11-5-3-2-4-6-11/h2-8H,9H2,1H3/q+1. The van der Waals surface area contributed by atoms with Crippen LogP contribution in [0.25, 0.3) is 0 Å². The van der Waals surface area contributed by atoms with Gasteiger partial charge in [-0.05, 0) is 6.92 Å². The molecule has 0 spiro atoms. The zero-order valence-electron chi connectivity index (χ0n) is 8.59. The Morgan fingerprint density at radius 3 is 2.80 bits per heavy atom. The molecule has 15 heavy (non-hydrogen) atoms. The van der Waals surface area contributed by atoms with Crippen LogP contribution in [-0.4, -0.2) is 20.3 Å². The first-order chi connectivity index (χ1) is 7.34. The minimum Gasteiger partial charge on any atom is -0.267 e. The van der Waals surface area contributed by atoms with E-state index in [2.05, 4.69) is 51.5 Å². The van der Waals surface area contributed by atoms with Crippen molar-refractivity contribution in [3.8, 4) is 0 Å². The summed E-state index contributed by atoms with van der Waals surface area (Å²) in [5.74, 6) is 1.04. The van der Waals surface area contributed by atoms with Crippen LogP contribution in [0.4, 0.5) is 5.69 Å². The van der Waals surface area contributed by atoms with Crippen molar-refractivity contribution >= 4 is 11.9 Å². The van der Waals surface area contributed by atoms with Gasteiger partial charge in [-0.2, -0.15) is 4.58 Å². The van der Waals surface area contributed by atoms with Gasteiger partial charge in [-0.15, -0.1) is 0 Å². The van der Waals surface area contributed by atoms with Crippen LogP contribution in [0, 0.1) is 6.92 Å². The number of benzene rings is 1. The Labute approximate surface area is 88.3 Å². The number of para-hydroxylation sites is 1. The van der Waals surface area contributed by atoms with Gasteiger partial charge in [-0.3, -0.25) is 4.57 Å². The Kier molecular flexibility index (Phi) is 1.71. The van der Waals surface area contributed by atoms with Crippen molar-refractivity contribution in [1.29, 1.82) is 0 Å². The predicted molar refractivity (Wildman–Crippen MR) is 58.5 cm³/mol. The number of hydrogen-bond acceptors (Lipinski definition) is 1. The van der Waals surface area contributed by atoms with E-state index >= 15 is 0 Å². The molecular weight excluding hydrogens is 186 g/mol. The minimum absolute atomic E-state index is 0.866. The van der Waals surface area contributed by atoms with Crippen LogP contribution in [0.2, 0.25) is 0 Å². The van der Waals surface area contributed by atoms with E-state index in [1.165, 1.54) is 11.4 Å². The van der Waals surface area contributed by atoms with Gasteiger partial charge in [0.15, 0.2) is 0 Å². The maximum absolute atomic E-state index is 4.34. The summed E-state index contributed by atoms with van der Waals surface area (Å²) in [4.78, 5) is 4.34. The topological polar surface area (TPSA) is 20.8 Å². The number of aromatic nitrogens is 2. The van der Waals surface area contributed by atoms with Crippen LogP contribution in [0.15, 0.2) is 36.5 Å². The summed E-state index contributed by atoms with van der Waals surface area (Å²) < 4.78 is 4.41. The molecule has 0 N–H and O–H groups in total. The average Bonchev–Trinajstić information content (AvgIpc) is 2.83. The molecular formula is C12H12N3+. The van der Waals surface area contributed by atoms with E-state index in [1.54, 1.807) is 0 Å². The summed E-state index contributed by atoms with van der Waals surface area (Å²) in [6, 6.07) is 10.4. The average molecular weight is 198 g/mol. The van der Waals surface area contributed by atoms with Crippen molar-refractivity contribution < 1.29 is 4.58 Å². The number of nitrogens with zero attached hydrogens (tertiary/aromatic N) is 3. The highest BCUT2D eigenvalue weighted by Crippen LogP contribution is 2.17. The van der Waals surface area contributed by atoms with Crippen LogP contribution < -0.4 is 0 Å². The van der Waals surface area contributed by atoms with Gasteiger partial charge in [0.1, 0.15) is 0 Å². The monoisotopic (exact) mass is 198 g/mol. The second-order valence-electron chi connectivity index (χ2n) is 3.76. The number of imidazole rings is 1. The van der Waals surface area contributed by atoms with Crippen LogP contribution in [-0.2, 0) is 6.67 Å². The zero-order chi connectivity index (χ0) is 10.3. The second-order valence-corrected chi connectivity index (χ2v) is 3.76. The van der Waals surface area contributed by atoms with E-state index in [0.29, 0.717) is 0 Å². The lowest BCUT2D eigenvalue weighted by Gasteiger charge is -1.98. The molecule has 2 heterocycles. The van der Waals surface area contributed by atoms with Crippen molar-refractivity contribution in [3.63, 3.8) is 0 Å². The normalized spacial score (nSPS) is 13.8. The minimum atomic E-state index is 0.866.